The Morgan fingerprint density at radius 3 is 2.59 bits per heavy atom. The van der Waals surface area contributed by atoms with Gasteiger partial charge in [-0.1, -0.05) is 60.7 Å². The third-order valence-electron chi connectivity index (χ3n) is 7.84. The molecule has 0 aromatic heterocycles. The van der Waals surface area contributed by atoms with E-state index in [-0.39, 0.29) is 23.5 Å². The Bertz CT molecular complexity index is 1030. The van der Waals surface area contributed by atoms with E-state index in [0.29, 0.717) is 24.8 Å². The zero-order valence-electron chi connectivity index (χ0n) is 21.7. The van der Waals surface area contributed by atoms with Crippen molar-refractivity contribution >= 4 is 17.7 Å². The number of anilines is 1. The van der Waals surface area contributed by atoms with Gasteiger partial charge in [-0.15, -0.1) is 0 Å². The number of urea groups is 1. The number of methoxy groups -OCH3 is 1. The number of allylic oxidation sites excluding steroid dienone is 2. The topological polar surface area (TPSA) is 88.7 Å². The number of carbonyl (C=O) groups excluding carboxylic acids is 2. The Kier molecular flexibility index (Phi) is 9.74. The van der Waals surface area contributed by atoms with Crippen molar-refractivity contribution in [2.75, 3.05) is 25.6 Å². The van der Waals surface area contributed by atoms with Gasteiger partial charge in [-0.25, -0.2) is 10.2 Å². The predicted octanol–water partition coefficient (Wildman–Crippen LogP) is 5.26. The maximum Gasteiger partial charge on any atom is 0.333 e. The highest BCUT2D eigenvalue weighted by Gasteiger charge is 2.57. The molecule has 198 valence electrons. The van der Waals surface area contributed by atoms with Crippen LogP contribution in [-0.2, 0) is 20.7 Å². The van der Waals surface area contributed by atoms with Crippen molar-refractivity contribution in [1.29, 1.82) is 0 Å². The summed E-state index contributed by atoms with van der Waals surface area (Å²) in [6, 6.07) is 19.8. The van der Waals surface area contributed by atoms with E-state index in [2.05, 4.69) is 58.7 Å². The predicted molar refractivity (Wildman–Crippen MR) is 145 cm³/mol. The summed E-state index contributed by atoms with van der Waals surface area (Å²) in [7, 11) is 1.43. The minimum absolute atomic E-state index is 0.134. The molecule has 1 heterocycles. The van der Waals surface area contributed by atoms with Crippen LogP contribution < -0.4 is 16.2 Å². The molecular formula is C30H39N3O4. The molecule has 2 amide bonds. The van der Waals surface area contributed by atoms with Gasteiger partial charge >= 0.3 is 12.0 Å². The Hall–Kier alpha value is -3.16. The van der Waals surface area contributed by atoms with E-state index < -0.39 is 0 Å². The van der Waals surface area contributed by atoms with Crippen LogP contribution in [0.1, 0.15) is 44.1 Å². The van der Waals surface area contributed by atoms with Crippen molar-refractivity contribution < 1.29 is 19.1 Å². The highest BCUT2D eigenvalue weighted by molar-refractivity contribution is 5.88. The van der Waals surface area contributed by atoms with Crippen LogP contribution in [0.4, 0.5) is 10.5 Å². The number of rotatable bonds is 13. The van der Waals surface area contributed by atoms with Crippen molar-refractivity contribution in [2.24, 2.45) is 17.3 Å². The fraction of sp³-hybridized carbons (Fsp3) is 0.467. The van der Waals surface area contributed by atoms with Gasteiger partial charge in [-0.3, -0.25) is 10.2 Å². The number of esters is 1. The molecule has 4 atom stereocenters. The number of para-hydroxylation sites is 1. The molecule has 1 aliphatic carbocycles. The van der Waals surface area contributed by atoms with Crippen LogP contribution in [-0.4, -0.2) is 38.4 Å². The number of hydrogen-bond acceptors (Lipinski definition) is 5. The molecule has 2 aromatic carbocycles. The molecule has 2 aliphatic rings. The van der Waals surface area contributed by atoms with E-state index >= 15 is 0 Å². The van der Waals surface area contributed by atoms with Gasteiger partial charge in [-0.05, 0) is 62.1 Å². The summed E-state index contributed by atoms with van der Waals surface area (Å²) in [6.07, 6.45) is 10.9. The Labute approximate surface area is 220 Å². The van der Waals surface area contributed by atoms with Crippen LogP contribution >= 0.6 is 0 Å². The average molecular weight is 506 g/mol. The fourth-order valence-corrected chi connectivity index (χ4v) is 5.89. The maximum absolute atomic E-state index is 12.3. The SMILES string of the molecule is COC(=O)CCC/C=C\C[C@@H]1[C@@H](CNNC(=O)Nc2ccccc2)[C@H]2C[C@]1(CCc1ccccc1)CO2. The molecule has 1 saturated carbocycles. The molecule has 3 N–H and O–H groups in total. The second-order valence-electron chi connectivity index (χ2n) is 10.2. The van der Waals surface area contributed by atoms with Gasteiger partial charge in [0.15, 0.2) is 0 Å². The van der Waals surface area contributed by atoms with Gasteiger partial charge in [0.05, 0.1) is 19.8 Å². The number of aryl methyl sites for hydroxylation is 1. The van der Waals surface area contributed by atoms with E-state index in [1.165, 1.54) is 12.7 Å². The third kappa shape index (κ3) is 7.43. The average Bonchev–Trinajstić information content (AvgIpc) is 3.48. The monoisotopic (exact) mass is 505 g/mol. The Morgan fingerprint density at radius 2 is 1.84 bits per heavy atom. The molecular weight excluding hydrogens is 466 g/mol. The standard InChI is InChI=1S/C30H39N3O4/c1-36-28(34)17-11-3-2-10-16-26-25(21-31-33-29(35)32-24-14-8-5-9-15-24)27-20-30(26,22-37-27)19-18-23-12-6-4-7-13-23/h2,4-10,12-15,25-27,31H,3,11,16-22H2,1H3,(H2,32,33,35)/b10-2-/t25-,26-,27-,30-/m1/s1. The summed E-state index contributed by atoms with van der Waals surface area (Å²) in [6.45, 7) is 1.45. The van der Waals surface area contributed by atoms with E-state index in [1.807, 2.05) is 30.3 Å². The molecule has 2 bridgehead atoms. The lowest BCUT2D eigenvalue weighted by Gasteiger charge is -2.39. The molecule has 0 radical (unpaired) electrons. The first-order valence-electron chi connectivity index (χ1n) is 13.3. The van der Waals surface area contributed by atoms with Gasteiger partial charge in [-0.2, -0.15) is 0 Å². The Balaban J connectivity index is 1.34. The summed E-state index contributed by atoms with van der Waals surface area (Å²) in [5, 5.41) is 2.84. The molecule has 4 rings (SSSR count). The van der Waals surface area contributed by atoms with Crippen LogP contribution in [0.5, 0.6) is 0 Å². The van der Waals surface area contributed by atoms with Gasteiger partial charge in [0, 0.05) is 30.0 Å². The molecule has 0 unspecified atom stereocenters. The summed E-state index contributed by atoms with van der Waals surface area (Å²) in [4.78, 5) is 23.7. The van der Waals surface area contributed by atoms with Crippen LogP contribution in [0.25, 0.3) is 0 Å². The second-order valence-corrected chi connectivity index (χ2v) is 10.2. The highest BCUT2D eigenvalue weighted by atomic mass is 16.5. The first-order chi connectivity index (χ1) is 18.1. The molecule has 1 saturated heterocycles. The number of hydrogen-bond donors (Lipinski definition) is 3. The largest absolute Gasteiger partial charge is 0.469 e. The van der Waals surface area contributed by atoms with Crippen molar-refractivity contribution in [1.82, 2.24) is 10.9 Å². The fourth-order valence-electron chi connectivity index (χ4n) is 5.89. The normalized spacial score (nSPS) is 24.3. The first-order valence-corrected chi connectivity index (χ1v) is 13.3. The van der Waals surface area contributed by atoms with Gasteiger partial charge in [0.25, 0.3) is 0 Å². The molecule has 37 heavy (non-hydrogen) atoms. The highest BCUT2D eigenvalue weighted by Crippen LogP contribution is 2.57. The van der Waals surface area contributed by atoms with Crippen LogP contribution in [0.2, 0.25) is 0 Å². The molecule has 7 heteroatoms. The van der Waals surface area contributed by atoms with E-state index in [4.69, 9.17) is 9.47 Å². The first kappa shape index (κ1) is 26.9. The summed E-state index contributed by atoms with van der Waals surface area (Å²) in [5.41, 5.74) is 8.20. The summed E-state index contributed by atoms with van der Waals surface area (Å²) >= 11 is 0. The molecule has 7 nitrogen and oxygen atoms in total. The minimum Gasteiger partial charge on any atom is -0.469 e. The second kappa shape index (κ2) is 13.4. The van der Waals surface area contributed by atoms with Crippen molar-refractivity contribution in [3.63, 3.8) is 0 Å². The third-order valence-corrected chi connectivity index (χ3v) is 7.84. The summed E-state index contributed by atoms with van der Waals surface area (Å²) < 4.78 is 11.0. The number of nitrogens with one attached hydrogen (secondary N) is 3. The number of ether oxygens (including phenoxy) is 2. The van der Waals surface area contributed by atoms with Crippen molar-refractivity contribution in [3.8, 4) is 0 Å². The van der Waals surface area contributed by atoms with E-state index in [1.54, 1.807) is 0 Å². The van der Waals surface area contributed by atoms with Crippen LogP contribution in [0, 0.1) is 17.3 Å². The van der Waals surface area contributed by atoms with Crippen molar-refractivity contribution in [3.05, 3.63) is 78.4 Å². The quantitative estimate of drug-likeness (QED) is 0.150. The lowest BCUT2D eigenvalue weighted by Crippen LogP contribution is -2.47. The zero-order chi connectivity index (χ0) is 25.9. The molecule has 1 aliphatic heterocycles. The van der Waals surface area contributed by atoms with Crippen molar-refractivity contribution in [2.45, 2.75) is 51.0 Å². The van der Waals surface area contributed by atoms with Gasteiger partial charge in [0.1, 0.15) is 0 Å². The zero-order valence-corrected chi connectivity index (χ0v) is 21.7. The molecule has 2 aromatic rings. The van der Waals surface area contributed by atoms with Crippen LogP contribution in [0.15, 0.2) is 72.8 Å². The van der Waals surface area contributed by atoms with Crippen LogP contribution in [0.3, 0.4) is 0 Å². The maximum atomic E-state index is 12.3. The number of benzene rings is 2. The number of unbranched alkanes of at least 4 members (excludes halogenated alkanes) is 1. The number of fused-ring (bicyclic) bond motifs is 2. The van der Waals surface area contributed by atoms with E-state index in [9.17, 15) is 9.59 Å². The molecule has 0 spiro atoms. The van der Waals surface area contributed by atoms with E-state index in [0.717, 1.165) is 50.8 Å². The summed E-state index contributed by atoms with van der Waals surface area (Å²) in [5.74, 6) is 0.605. The molecule has 2 fully saturated rings. The number of hydrazine groups is 1. The number of carbonyl (C=O) groups is 2. The minimum atomic E-state index is -0.281. The number of amides is 2. The van der Waals surface area contributed by atoms with Gasteiger partial charge in [0.2, 0.25) is 0 Å². The smallest absolute Gasteiger partial charge is 0.333 e. The lowest BCUT2D eigenvalue weighted by atomic mass is 9.70. The lowest BCUT2D eigenvalue weighted by molar-refractivity contribution is -0.140. The Morgan fingerprint density at radius 1 is 1.08 bits per heavy atom. The van der Waals surface area contributed by atoms with Gasteiger partial charge < -0.3 is 14.8 Å².